The molecular weight excluding hydrogens is 214 g/mol. The third-order valence-corrected chi connectivity index (χ3v) is 2.93. The highest BCUT2D eigenvalue weighted by Crippen LogP contribution is 2.24. The van der Waals surface area contributed by atoms with Gasteiger partial charge in [0.15, 0.2) is 0 Å². The van der Waals surface area contributed by atoms with Crippen LogP contribution >= 0.6 is 11.6 Å². The Hall–Kier alpha value is -1.13. The van der Waals surface area contributed by atoms with Gasteiger partial charge in [-0.25, -0.2) is 9.97 Å². The van der Waals surface area contributed by atoms with Crippen molar-refractivity contribution in [1.29, 1.82) is 0 Å². The van der Waals surface area contributed by atoms with E-state index in [2.05, 4.69) is 14.5 Å². The molecule has 4 nitrogen and oxygen atoms in total. The topological polar surface area (TPSA) is 39.9 Å². The first-order valence-electron chi connectivity index (χ1n) is 4.90. The summed E-state index contributed by atoms with van der Waals surface area (Å²) in [6.07, 6.45) is 4.57. The van der Waals surface area contributed by atoms with Gasteiger partial charge in [0, 0.05) is 12.7 Å². The van der Waals surface area contributed by atoms with E-state index in [1.54, 1.807) is 6.20 Å². The summed E-state index contributed by atoms with van der Waals surface area (Å²) in [5, 5.41) is 0.503. The smallest absolute Gasteiger partial charge is 0.131 e. The molecule has 3 rings (SSSR count). The standard InChI is InChI=1S/C10H10ClN3O/c11-10-3-9-8(4-12-10)13-6-14(9)7-1-2-15-5-7/h3-4,6-7H,1-2,5H2. The van der Waals surface area contributed by atoms with E-state index in [0.717, 1.165) is 30.7 Å². The molecule has 2 aromatic rings. The van der Waals surface area contributed by atoms with E-state index in [4.69, 9.17) is 16.3 Å². The van der Waals surface area contributed by atoms with Crippen LogP contribution in [0, 0.1) is 0 Å². The lowest BCUT2D eigenvalue weighted by Gasteiger charge is -2.10. The fourth-order valence-corrected chi connectivity index (χ4v) is 2.09. The molecule has 1 unspecified atom stereocenters. The van der Waals surface area contributed by atoms with Crippen LogP contribution < -0.4 is 0 Å². The van der Waals surface area contributed by atoms with Crippen molar-refractivity contribution < 1.29 is 4.74 Å². The summed E-state index contributed by atoms with van der Waals surface area (Å²) in [5.41, 5.74) is 1.91. The lowest BCUT2D eigenvalue weighted by atomic mass is 10.2. The Morgan fingerprint density at radius 3 is 3.20 bits per heavy atom. The Balaban J connectivity index is 2.13. The molecule has 0 spiro atoms. The van der Waals surface area contributed by atoms with Crippen LogP contribution in [0.3, 0.4) is 0 Å². The summed E-state index contributed by atoms with van der Waals surface area (Å²) in [4.78, 5) is 8.30. The second-order valence-electron chi connectivity index (χ2n) is 3.66. The van der Waals surface area contributed by atoms with E-state index in [-0.39, 0.29) is 0 Å². The number of pyridine rings is 1. The molecule has 5 heteroatoms. The Kier molecular flexibility index (Phi) is 2.11. The van der Waals surface area contributed by atoms with Crippen LogP contribution in [0.25, 0.3) is 11.0 Å². The molecule has 2 aromatic heterocycles. The zero-order valence-electron chi connectivity index (χ0n) is 8.06. The van der Waals surface area contributed by atoms with Gasteiger partial charge in [-0.3, -0.25) is 0 Å². The third-order valence-electron chi connectivity index (χ3n) is 2.73. The highest BCUT2D eigenvalue weighted by atomic mass is 35.5. The van der Waals surface area contributed by atoms with E-state index in [0.29, 0.717) is 11.2 Å². The summed E-state index contributed by atoms with van der Waals surface area (Å²) in [5.74, 6) is 0. The van der Waals surface area contributed by atoms with Crippen LogP contribution in [0.1, 0.15) is 12.5 Å². The molecule has 1 saturated heterocycles. The van der Waals surface area contributed by atoms with Gasteiger partial charge in [0.05, 0.1) is 30.7 Å². The maximum Gasteiger partial charge on any atom is 0.131 e. The van der Waals surface area contributed by atoms with Crippen LogP contribution in [-0.4, -0.2) is 27.7 Å². The molecular formula is C10H10ClN3O. The Morgan fingerprint density at radius 2 is 2.40 bits per heavy atom. The van der Waals surface area contributed by atoms with Gasteiger partial charge in [-0.1, -0.05) is 11.6 Å². The average molecular weight is 224 g/mol. The number of fused-ring (bicyclic) bond motifs is 1. The molecule has 1 aliphatic rings. The van der Waals surface area contributed by atoms with Gasteiger partial charge in [0.25, 0.3) is 0 Å². The van der Waals surface area contributed by atoms with Gasteiger partial charge >= 0.3 is 0 Å². The van der Waals surface area contributed by atoms with Crippen LogP contribution in [0.2, 0.25) is 5.15 Å². The van der Waals surface area contributed by atoms with Gasteiger partial charge in [-0.15, -0.1) is 0 Å². The predicted molar refractivity (Wildman–Crippen MR) is 57.0 cm³/mol. The highest BCUT2D eigenvalue weighted by Gasteiger charge is 2.19. The van der Waals surface area contributed by atoms with Crippen molar-refractivity contribution in [3.05, 3.63) is 23.7 Å². The van der Waals surface area contributed by atoms with Crippen molar-refractivity contribution >= 4 is 22.6 Å². The van der Waals surface area contributed by atoms with Crippen LogP contribution in [-0.2, 0) is 4.74 Å². The molecule has 15 heavy (non-hydrogen) atoms. The SMILES string of the molecule is Clc1cc2c(cn1)ncn2C1CCOC1. The van der Waals surface area contributed by atoms with Crippen LogP contribution in [0.4, 0.5) is 0 Å². The zero-order valence-corrected chi connectivity index (χ0v) is 8.81. The minimum absolute atomic E-state index is 0.383. The molecule has 0 saturated carbocycles. The number of halogens is 1. The van der Waals surface area contributed by atoms with Gasteiger partial charge in [-0.05, 0) is 6.42 Å². The minimum atomic E-state index is 0.383. The predicted octanol–water partition coefficient (Wildman–Crippen LogP) is 2.05. The molecule has 0 aromatic carbocycles. The van der Waals surface area contributed by atoms with E-state index in [9.17, 15) is 0 Å². The van der Waals surface area contributed by atoms with Crippen LogP contribution in [0.5, 0.6) is 0 Å². The summed E-state index contributed by atoms with van der Waals surface area (Å²) in [6.45, 7) is 1.58. The zero-order chi connectivity index (χ0) is 10.3. The maximum absolute atomic E-state index is 5.87. The Labute approximate surface area is 91.8 Å². The van der Waals surface area contributed by atoms with Crippen LogP contribution in [0.15, 0.2) is 18.6 Å². The van der Waals surface area contributed by atoms with Crippen molar-refractivity contribution in [2.45, 2.75) is 12.5 Å². The second kappa shape index (κ2) is 3.47. The van der Waals surface area contributed by atoms with Crippen molar-refractivity contribution in [3.8, 4) is 0 Å². The lowest BCUT2D eigenvalue weighted by molar-refractivity contribution is 0.187. The number of hydrogen-bond acceptors (Lipinski definition) is 3. The molecule has 0 aliphatic carbocycles. The highest BCUT2D eigenvalue weighted by molar-refractivity contribution is 6.29. The van der Waals surface area contributed by atoms with Crippen molar-refractivity contribution in [2.75, 3.05) is 13.2 Å². The van der Waals surface area contributed by atoms with Gasteiger partial charge in [-0.2, -0.15) is 0 Å². The van der Waals surface area contributed by atoms with E-state index >= 15 is 0 Å². The van der Waals surface area contributed by atoms with E-state index in [1.165, 1.54) is 0 Å². The van der Waals surface area contributed by atoms with Crippen molar-refractivity contribution in [3.63, 3.8) is 0 Å². The molecule has 1 atom stereocenters. The summed E-state index contributed by atoms with van der Waals surface area (Å²) < 4.78 is 7.48. The first kappa shape index (κ1) is 9.12. The van der Waals surface area contributed by atoms with Gasteiger partial charge in [0.2, 0.25) is 0 Å². The fourth-order valence-electron chi connectivity index (χ4n) is 1.94. The fraction of sp³-hybridized carbons (Fsp3) is 0.400. The van der Waals surface area contributed by atoms with E-state index in [1.807, 2.05) is 12.4 Å². The van der Waals surface area contributed by atoms with Gasteiger partial charge in [0.1, 0.15) is 10.7 Å². The number of ether oxygens (including phenoxy) is 1. The first-order valence-corrected chi connectivity index (χ1v) is 5.28. The summed E-state index contributed by atoms with van der Waals surface area (Å²) in [6, 6.07) is 2.23. The lowest BCUT2D eigenvalue weighted by Crippen LogP contribution is -2.06. The minimum Gasteiger partial charge on any atom is -0.379 e. The number of rotatable bonds is 1. The summed E-state index contributed by atoms with van der Waals surface area (Å²) in [7, 11) is 0. The molecule has 1 aliphatic heterocycles. The molecule has 0 amide bonds. The number of imidazole rings is 1. The normalized spacial score (nSPS) is 21.3. The third kappa shape index (κ3) is 1.50. The summed E-state index contributed by atoms with van der Waals surface area (Å²) >= 11 is 5.87. The largest absolute Gasteiger partial charge is 0.379 e. The maximum atomic E-state index is 5.87. The molecule has 3 heterocycles. The number of nitrogens with zero attached hydrogens (tertiary/aromatic N) is 3. The number of aromatic nitrogens is 3. The molecule has 0 radical (unpaired) electrons. The Morgan fingerprint density at radius 1 is 1.47 bits per heavy atom. The van der Waals surface area contributed by atoms with Crippen molar-refractivity contribution in [1.82, 2.24) is 14.5 Å². The monoisotopic (exact) mass is 223 g/mol. The molecule has 0 N–H and O–H groups in total. The first-order chi connectivity index (χ1) is 7.34. The molecule has 78 valence electrons. The van der Waals surface area contributed by atoms with Crippen molar-refractivity contribution in [2.24, 2.45) is 0 Å². The second-order valence-corrected chi connectivity index (χ2v) is 4.05. The van der Waals surface area contributed by atoms with E-state index < -0.39 is 0 Å². The number of hydrogen-bond donors (Lipinski definition) is 0. The molecule has 1 fully saturated rings. The molecule has 0 bridgehead atoms. The Bertz CT molecular complexity index is 490. The average Bonchev–Trinajstić information content (AvgIpc) is 2.83. The quantitative estimate of drug-likeness (QED) is 0.695. The van der Waals surface area contributed by atoms with Gasteiger partial charge < -0.3 is 9.30 Å².